The second-order valence-corrected chi connectivity index (χ2v) is 4.57. The molecule has 0 fully saturated rings. The molecule has 0 aliphatic carbocycles. The lowest BCUT2D eigenvalue weighted by atomic mass is 10.1. The molecule has 0 N–H and O–H groups in total. The smallest absolute Gasteiger partial charge is 0.132 e. The Hall–Kier alpha value is -1.57. The summed E-state index contributed by atoms with van der Waals surface area (Å²) in [6.07, 6.45) is 4.40. The lowest BCUT2D eigenvalue weighted by molar-refractivity contribution is -0.118. The summed E-state index contributed by atoms with van der Waals surface area (Å²) in [4.78, 5) is 11.2. The van der Waals surface area contributed by atoms with Crippen molar-refractivity contribution < 1.29 is 4.79 Å². The molecule has 1 aromatic heterocycles. The molecule has 2 heteroatoms. The molecule has 1 aromatic carbocycles. The number of hydrogen-bond acceptors (Lipinski definition) is 1. The van der Waals surface area contributed by atoms with Crippen molar-refractivity contribution in [2.45, 2.75) is 39.7 Å². The van der Waals surface area contributed by atoms with Crippen LogP contribution in [-0.4, -0.2) is 10.4 Å². The fraction of sp³-hybridized carbons (Fsp3) is 0.400. The molecule has 1 heterocycles. The third-order valence-electron chi connectivity index (χ3n) is 3.18. The van der Waals surface area contributed by atoms with Gasteiger partial charge in [0, 0.05) is 31.1 Å². The SMILES string of the molecule is CCC(=O)CCCn1ccc2ccc(C)cc21. The third kappa shape index (κ3) is 2.76. The number of hydrogen-bond donors (Lipinski definition) is 0. The van der Waals surface area contributed by atoms with Crippen LogP contribution in [0.25, 0.3) is 10.9 Å². The highest BCUT2D eigenvalue weighted by atomic mass is 16.1. The van der Waals surface area contributed by atoms with Gasteiger partial charge < -0.3 is 4.57 Å². The quantitative estimate of drug-likeness (QED) is 0.766. The van der Waals surface area contributed by atoms with Crippen LogP contribution in [0, 0.1) is 6.92 Å². The molecule has 0 bridgehead atoms. The second-order valence-electron chi connectivity index (χ2n) is 4.57. The van der Waals surface area contributed by atoms with E-state index in [1.165, 1.54) is 16.5 Å². The van der Waals surface area contributed by atoms with Crippen LogP contribution in [0.3, 0.4) is 0 Å². The van der Waals surface area contributed by atoms with Crippen LogP contribution in [0.15, 0.2) is 30.5 Å². The predicted octanol–water partition coefficient (Wildman–Crippen LogP) is 3.71. The Labute approximate surface area is 102 Å². The second kappa shape index (κ2) is 5.17. The van der Waals surface area contributed by atoms with Gasteiger partial charge in [0.25, 0.3) is 0 Å². The summed E-state index contributed by atoms with van der Waals surface area (Å²) in [5.41, 5.74) is 2.55. The molecule has 0 saturated heterocycles. The Balaban J connectivity index is 2.08. The number of rotatable bonds is 5. The lowest BCUT2D eigenvalue weighted by Crippen LogP contribution is -2.01. The van der Waals surface area contributed by atoms with Crippen LogP contribution in [0.1, 0.15) is 31.7 Å². The van der Waals surface area contributed by atoms with E-state index >= 15 is 0 Å². The molecule has 0 spiro atoms. The molecule has 0 aliphatic heterocycles. The van der Waals surface area contributed by atoms with Crippen LogP contribution in [0.5, 0.6) is 0 Å². The van der Waals surface area contributed by atoms with E-state index in [0.717, 1.165) is 13.0 Å². The molecule has 0 saturated carbocycles. The van der Waals surface area contributed by atoms with Gasteiger partial charge in [-0.05, 0) is 36.4 Å². The van der Waals surface area contributed by atoms with E-state index in [4.69, 9.17) is 0 Å². The number of aryl methyl sites for hydroxylation is 2. The van der Waals surface area contributed by atoms with Crippen LogP contribution in [0.4, 0.5) is 0 Å². The maximum atomic E-state index is 11.2. The average molecular weight is 229 g/mol. The largest absolute Gasteiger partial charge is 0.347 e. The van der Waals surface area contributed by atoms with Gasteiger partial charge in [-0.3, -0.25) is 4.79 Å². The summed E-state index contributed by atoms with van der Waals surface area (Å²) in [5.74, 6) is 0.359. The van der Waals surface area contributed by atoms with Crippen molar-refractivity contribution in [3.8, 4) is 0 Å². The van der Waals surface area contributed by atoms with Gasteiger partial charge in [0.15, 0.2) is 0 Å². The lowest BCUT2D eigenvalue weighted by Gasteiger charge is -2.05. The summed E-state index contributed by atoms with van der Waals surface area (Å²) in [6, 6.07) is 8.62. The van der Waals surface area contributed by atoms with Crippen molar-refractivity contribution in [2.75, 3.05) is 0 Å². The van der Waals surface area contributed by atoms with E-state index in [0.29, 0.717) is 18.6 Å². The van der Waals surface area contributed by atoms with Gasteiger partial charge >= 0.3 is 0 Å². The molecule has 2 aromatic rings. The number of ketones is 1. The van der Waals surface area contributed by atoms with Crippen molar-refractivity contribution in [3.63, 3.8) is 0 Å². The normalized spacial score (nSPS) is 10.9. The molecule has 0 atom stereocenters. The fourth-order valence-corrected chi connectivity index (χ4v) is 2.11. The summed E-state index contributed by atoms with van der Waals surface area (Å²) >= 11 is 0. The van der Waals surface area contributed by atoms with Crippen molar-refractivity contribution >= 4 is 16.7 Å². The van der Waals surface area contributed by atoms with Gasteiger partial charge in [-0.15, -0.1) is 0 Å². The molecule has 90 valence electrons. The maximum Gasteiger partial charge on any atom is 0.132 e. The zero-order valence-corrected chi connectivity index (χ0v) is 10.6. The number of carbonyl (C=O) groups excluding carboxylic acids is 1. The van der Waals surface area contributed by atoms with Gasteiger partial charge in [0.05, 0.1) is 0 Å². The number of Topliss-reactive ketones (excluding diaryl/α,β-unsaturated/α-hetero) is 1. The van der Waals surface area contributed by atoms with Crippen LogP contribution in [0.2, 0.25) is 0 Å². The average Bonchev–Trinajstić information content (AvgIpc) is 2.72. The Morgan fingerprint density at radius 3 is 2.88 bits per heavy atom. The third-order valence-corrected chi connectivity index (χ3v) is 3.18. The minimum Gasteiger partial charge on any atom is -0.347 e. The van der Waals surface area contributed by atoms with Gasteiger partial charge in [-0.2, -0.15) is 0 Å². The Morgan fingerprint density at radius 1 is 1.29 bits per heavy atom. The van der Waals surface area contributed by atoms with Gasteiger partial charge in [0.2, 0.25) is 0 Å². The number of nitrogens with zero attached hydrogens (tertiary/aromatic N) is 1. The molecule has 2 nitrogen and oxygen atoms in total. The molecule has 2 rings (SSSR count). The first kappa shape index (κ1) is 11.9. The molecular weight excluding hydrogens is 210 g/mol. The zero-order valence-electron chi connectivity index (χ0n) is 10.6. The van der Waals surface area contributed by atoms with Gasteiger partial charge in [0.1, 0.15) is 5.78 Å². The first-order valence-corrected chi connectivity index (χ1v) is 6.28. The van der Waals surface area contributed by atoms with Crippen LogP contribution < -0.4 is 0 Å². The minimum atomic E-state index is 0.359. The summed E-state index contributed by atoms with van der Waals surface area (Å²) < 4.78 is 2.24. The molecule has 17 heavy (non-hydrogen) atoms. The number of aromatic nitrogens is 1. The molecule has 0 amide bonds. The van der Waals surface area contributed by atoms with E-state index in [1.807, 2.05) is 6.92 Å². The Kier molecular flexibility index (Phi) is 3.62. The maximum absolute atomic E-state index is 11.2. The Morgan fingerprint density at radius 2 is 2.12 bits per heavy atom. The van der Waals surface area contributed by atoms with Gasteiger partial charge in [-0.1, -0.05) is 19.1 Å². The van der Waals surface area contributed by atoms with E-state index in [-0.39, 0.29) is 0 Å². The zero-order chi connectivity index (χ0) is 12.3. The summed E-state index contributed by atoms with van der Waals surface area (Å²) in [5, 5.41) is 1.28. The first-order valence-electron chi connectivity index (χ1n) is 6.28. The highest BCUT2D eigenvalue weighted by Crippen LogP contribution is 2.18. The number of fused-ring (bicyclic) bond motifs is 1. The molecular formula is C15H19NO. The van der Waals surface area contributed by atoms with Crippen LogP contribution >= 0.6 is 0 Å². The van der Waals surface area contributed by atoms with E-state index in [1.54, 1.807) is 0 Å². The topological polar surface area (TPSA) is 22.0 Å². The van der Waals surface area contributed by atoms with Crippen molar-refractivity contribution in [1.82, 2.24) is 4.57 Å². The predicted molar refractivity (Wildman–Crippen MR) is 71.2 cm³/mol. The minimum absolute atomic E-state index is 0.359. The van der Waals surface area contributed by atoms with Crippen molar-refractivity contribution in [1.29, 1.82) is 0 Å². The van der Waals surface area contributed by atoms with E-state index < -0.39 is 0 Å². The summed E-state index contributed by atoms with van der Waals surface area (Å²) in [6.45, 7) is 4.97. The highest BCUT2D eigenvalue weighted by molar-refractivity contribution is 5.81. The first-order chi connectivity index (χ1) is 8.20. The monoisotopic (exact) mass is 229 g/mol. The van der Waals surface area contributed by atoms with Crippen molar-refractivity contribution in [3.05, 3.63) is 36.0 Å². The van der Waals surface area contributed by atoms with E-state index in [9.17, 15) is 4.79 Å². The van der Waals surface area contributed by atoms with E-state index in [2.05, 4.69) is 42.0 Å². The summed E-state index contributed by atoms with van der Waals surface area (Å²) in [7, 11) is 0. The highest BCUT2D eigenvalue weighted by Gasteiger charge is 2.02. The van der Waals surface area contributed by atoms with Crippen molar-refractivity contribution in [2.24, 2.45) is 0 Å². The van der Waals surface area contributed by atoms with Gasteiger partial charge in [-0.25, -0.2) is 0 Å². The molecule has 0 radical (unpaired) electrons. The molecule has 0 aliphatic rings. The number of benzene rings is 1. The van der Waals surface area contributed by atoms with Crippen LogP contribution in [-0.2, 0) is 11.3 Å². The molecule has 0 unspecified atom stereocenters. The fourth-order valence-electron chi connectivity index (χ4n) is 2.11. The number of carbonyl (C=O) groups is 1. The Bertz CT molecular complexity index is 525. The standard InChI is InChI=1S/C15H19NO/c1-3-14(17)5-4-9-16-10-8-13-7-6-12(2)11-15(13)16/h6-8,10-11H,3-5,9H2,1-2H3.